The van der Waals surface area contributed by atoms with E-state index in [-0.39, 0.29) is 0 Å². The molecule has 0 bridgehead atoms. The summed E-state index contributed by atoms with van der Waals surface area (Å²) in [5, 5.41) is 3.57. The van der Waals surface area contributed by atoms with Crippen LogP contribution in [-0.4, -0.2) is 19.9 Å². The third kappa shape index (κ3) is 4.90. The van der Waals surface area contributed by atoms with E-state index in [0.717, 1.165) is 51.8 Å². The maximum Gasteiger partial charge on any atom is 0.164 e. The number of fused-ring (bicyclic) bond motifs is 7. The van der Waals surface area contributed by atoms with Crippen molar-refractivity contribution in [3.05, 3.63) is 174 Å². The first-order valence-electron chi connectivity index (χ1n) is 18.2. The van der Waals surface area contributed by atoms with Crippen LogP contribution in [0.2, 0.25) is 0 Å². The molecule has 0 spiro atoms. The summed E-state index contributed by atoms with van der Waals surface area (Å²) in [5.74, 6) is 2.60. The molecule has 0 saturated heterocycles. The number of rotatable bonds is 4. The van der Waals surface area contributed by atoms with Gasteiger partial charge in [-0.1, -0.05) is 134 Å². The van der Waals surface area contributed by atoms with Crippen molar-refractivity contribution in [2.24, 2.45) is 0 Å². The van der Waals surface area contributed by atoms with Crippen molar-refractivity contribution in [2.75, 3.05) is 0 Å². The summed E-state index contributed by atoms with van der Waals surface area (Å²) in [6, 6.07) is 47.6. The van der Waals surface area contributed by atoms with Gasteiger partial charge in [-0.15, -0.1) is 0 Å². The number of para-hydroxylation sites is 1. The number of hydrogen-bond donors (Lipinski definition) is 0. The molecule has 10 rings (SSSR count). The van der Waals surface area contributed by atoms with Crippen molar-refractivity contribution in [3.8, 4) is 45.0 Å². The van der Waals surface area contributed by atoms with Gasteiger partial charge in [-0.05, 0) is 93.6 Å². The molecule has 2 aliphatic rings. The molecule has 8 aromatic rings. The van der Waals surface area contributed by atoms with Crippen molar-refractivity contribution < 1.29 is 0 Å². The van der Waals surface area contributed by atoms with Gasteiger partial charge in [-0.2, -0.15) is 0 Å². The topological polar surface area (TPSA) is 51.6 Å². The molecular weight excluding hydrogens is 633 g/mol. The Morgan fingerprint density at radius 2 is 1.33 bits per heavy atom. The average Bonchev–Trinajstić information content (AvgIpc) is 3.20. The molecule has 2 aromatic heterocycles. The number of aromatic nitrogens is 4. The third-order valence-corrected chi connectivity index (χ3v) is 11.2. The molecule has 0 fully saturated rings. The highest BCUT2D eigenvalue weighted by molar-refractivity contribution is 6.00. The lowest BCUT2D eigenvalue weighted by Crippen LogP contribution is -2.33. The standard InChI is InChI=1S/C48H36N4/c1-30-12-11-15-34-27-41(38-17-6-7-19-40(38)44(30)34)46-50-45(32-24-22-31(23-25-32)36-26-33-13-4-10-21-43(33)49-29-36)51-47(52-46)48(2)28-35-14-3-5-16-37(35)39-18-8-9-20-42(39)48/h3-11,13-27,29-30H,12,28H2,1-2H3. The largest absolute Gasteiger partial charge is 0.256 e. The number of nitrogens with zero attached hydrogens (tertiary/aromatic N) is 4. The van der Waals surface area contributed by atoms with Crippen molar-refractivity contribution in [1.29, 1.82) is 0 Å². The Balaban J connectivity index is 1.18. The van der Waals surface area contributed by atoms with Gasteiger partial charge in [0.15, 0.2) is 11.6 Å². The monoisotopic (exact) mass is 668 g/mol. The van der Waals surface area contributed by atoms with Gasteiger partial charge in [-0.3, -0.25) is 4.98 Å². The van der Waals surface area contributed by atoms with E-state index in [1.165, 1.54) is 44.2 Å². The van der Waals surface area contributed by atoms with Crippen LogP contribution in [-0.2, 0) is 11.8 Å². The molecular formula is C48H36N4. The fourth-order valence-corrected chi connectivity index (χ4v) is 8.53. The Labute approximate surface area is 303 Å². The number of pyridine rings is 1. The van der Waals surface area contributed by atoms with Gasteiger partial charge >= 0.3 is 0 Å². The Morgan fingerprint density at radius 1 is 0.615 bits per heavy atom. The summed E-state index contributed by atoms with van der Waals surface area (Å²) < 4.78 is 0. The molecule has 4 nitrogen and oxygen atoms in total. The Kier molecular flexibility index (Phi) is 7.00. The van der Waals surface area contributed by atoms with Gasteiger partial charge in [0.05, 0.1) is 10.9 Å². The first-order chi connectivity index (χ1) is 25.5. The van der Waals surface area contributed by atoms with Gasteiger partial charge in [0.2, 0.25) is 0 Å². The summed E-state index contributed by atoms with van der Waals surface area (Å²) >= 11 is 0. The second kappa shape index (κ2) is 11.9. The van der Waals surface area contributed by atoms with E-state index in [9.17, 15) is 0 Å². The smallest absolute Gasteiger partial charge is 0.164 e. The van der Waals surface area contributed by atoms with E-state index in [1.807, 2.05) is 18.3 Å². The Hall–Kier alpha value is -6.26. The van der Waals surface area contributed by atoms with Gasteiger partial charge in [0.25, 0.3) is 0 Å². The normalized spacial score (nSPS) is 17.5. The third-order valence-electron chi connectivity index (χ3n) is 11.2. The van der Waals surface area contributed by atoms with Gasteiger partial charge in [-0.25, -0.2) is 15.0 Å². The highest BCUT2D eigenvalue weighted by Gasteiger charge is 2.39. The molecule has 4 heteroatoms. The highest BCUT2D eigenvalue weighted by atomic mass is 15.0. The van der Waals surface area contributed by atoms with Crippen LogP contribution in [0.25, 0.3) is 72.8 Å². The first kappa shape index (κ1) is 30.6. The molecule has 0 radical (unpaired) electrons. The van der Waals surface area contributed by atoms with E-state index in [4.69, 9.17) is 19.9 Å². The maximum atomic E-state index is 5.45. The van der Waals surface area contributed by atoms with Crippen molar-refractivity contribution in [1.82, 2.24) is 19.9 Å². The zero-order valence-corrected chi connectivity index (χ0v) is 29.2. The summed E-state index contributed by atoms with van der Waals surface area (Å²) in [5.41, 5.74) is 12.4. The molecule has 52 heavy (non-hydrogen) atoms. The molecule has 0 N–H and O–H groups in total. The fraction of sp³-hybridized carbons (Fsp3) is 0.125. The van der Waals surface area contributed by atoms with Gasteiger partial charge < -0.3 is 0 Å². The molecule has 6 aromatic carbocycles. The molecule has 0 aliphatic heterocycles. The van der Waals surface area contributed by atoms with Gasteiger partial charge in [0.1, 0.15) is 5.82 Å². The SMILES string of the molecule is CC1CC=Cc2cc(-c3nc(-c4ccc(-c5cnc6ccccc6c5)cc4)nc(C4(C)Cc5ccccc5-c5ccccc54)n3)c3ccccc3c21. The van der Waals surface area contributed by atoms with Crippen LogP contribution in [0.15, 0.2) is 146 Å². The van der Waals surface area contributed by atoms with Crippen LogP contribution in [0, 0.1) is 0 Å². The molecule has 2 unspecified atom stereocenters. The number of benzene rings is 6. The van der Waals surface area contributed by atoms with Crippen molar-refractivity contribution in [3.63, 3.8) is 0 Å². The van der Waals surface area contributed by atoms with E-state index in [0.29, 0.717) is 17.6 Å². The average molecular weight is 669 g/mol. The summed E-state index contributed by atoms with van der Waals surface area (Å²) in [6.07, 6.45) is 8.35. The Bertz CT molecular complexity index is 2730. The summed E-state index contributed by atoms with van der Waals surface area (Å²) in [7, 11) is 0. The van der Waals surface area contributed by atoms with Crippen LogP contribution in [0.3, 0.4) is 0 Å². The Morgan fingerprint density at radius 3 is 2.21 bits per heavy atom. The van der Waals surface area contributed by atoms with Crippen LogP contribution >= 0.6 is 0 Å². The minimum absolute atomic E-state index is 0.442. The molecule has 2 atom stereocenters. The lowest BCUT2D eigenvalue weighted by molar-refractivity contribution is 0.522. The van der Waals surface area contributed by atoms with Crippen LogP contribution < -0.4 is 0 Å². The van der Waals surface area contributed by atoms with Crippen molar-refractivity contribution >= 4 is 27.8 Å². The van der Waals surface area contributed by atoms with E-state index in [2.05, 4.69) is 147 Å². The minimum Gasteiger partial charge on any atom is -0.256 e. The van der Waals surface area contributed by atoms with Crippen LogP contribution in [0.5, 0.6) is 0 Å². The first-order valence-corrected chi connectivity index (χ1v) is 18.2. The van der Waals surface area contributed by atoms with E-state index < -0.39 is 5.41 Å². The van der Waals surface area contributed by atoms with Crippen molar-refractivity contribution in [2.45, 2.75) is 38.0 Å². The molecule has 248 valence electrons. The molecule has 2 aliphatic carbocycles. The van der Waals surface area contributed by atoms with Gasteiger partial charge in [0, 0.05) is 28.3 Å². The second-order valence-electron chi connectivity index (χ2n) is 14.5. The molecule has 2 heterocycles. The predicted octanol–water partition coefficient (Wildman–Crippen LogP) is 11.6. The fourth-order valence-electron chi connectivity index (χ4n) is 8.53. The quantitative estimate of drug-likeness (QED) is 0.187. The zero-order chi connectivity index (χ0) is 34.8. The lowest BCUT2D eigenvalue weighted by atomic mass is 9.68. The molecule has 0 saturated carbocycles. The summed E-state index contributed by atoms with van der Waals surface area (Å²) in [4.78, 5) is 20.8. The predicted molar refractivity (Wildman–Crippen MR) is 213 cm³/mol. The highest BCUT2D eigenvalue weighted by Crippen LogP contribution is 2.47. The molecule has 0 amide bonds. The lowest BCUT2D eigenvalue weighted by Gasteiger charge is -2.36. The minimum atomic E-state index is -0.480. The van der Waals surface area contributed by atoms with Crippen LogP contribution in [0.4, 0.5) is 0 Å². The number of allylic oxidation sites excluding steroid dienone is 1. The zero-order valence-electron chi connectivity index (χ0n) is 29.2. The van der Waals surface area contributed by atoms with E-state index >= 15 is 0 Å². The number of hydrogen-bond acceptors (Lipinski definition) is 4. The van der Waals surface area contributed by atoms with E-state index in [1.54, 1.807) is 0 Å². The summed E-state index contributed by atoms with van der Waals surface area (Å²) in [6.45, 7) is 4.63. The second-order valence-corrected chi connectivity index (χ2v) is 14.5. The maximum absolute atomic E-state index is 5.45. The van der Waals surface area contributed by atoms with Crippen LogP contribution in [0.1, 0.15) is 54.3 Å².